The van der Waals surface area contributed by atoms with E-state index in [1.54, 1.807) is 18.2 Å². The fraction of sp³-hybridized carbons (Fsp3) is 0.294. The van der Waals surface area contributed by atoms with Gasteiger partial charge in [-0.05, 0) is 47.7 Å². The molecule has 0 aromatic heterocycles. The van der Waals surface area contributed by atoms with Crippen LogP contribution in [-0.4, -0.2) is 23.0 Å². The second-order valence-corrected chi connectivity index (χ2v) is 10.7. The minimum absolute atomic E-state index is 0.106. The van der Waals surface area contributed by atoms with E-state index in [4.69, 9.17) is 16.7 Å². The van der Waals surface area contributed by atoms with Gasteiger partial charge in [0.2, 0.25) is 20.0 Å². The van der Waals surface area contributed by atoms with Gasteiger partial charge in [0.15, 0.2) is 10.7 Å². The Bertz CT molecular complexity index is 1260. The summed E-state index contributed by atoms with van der Waals surface area (Å²) < 4.78 is 51.1. The Morgan fingerprint density at radius 1 is 1.00 bits per heavy atom. The van der Waals surface area contributed by atoms with Gasteiger partial charge in [0, 0.05) is 0 Å². The van der Waals surface area contributed by atoms with Crippen molar-refractivity contribution >= 4 is 37.3 Å². The standard InChI is InChI=1S/C17H18ClN5O8S2/c18-13-6-14-16(7-15(13)32(19,26)27)33(28,29)21-17(20-14)2-1-10-3-11(8-30-22-24)5-12(4-10)9-31-23-25/h3-7,17,20-21H,1-2,8-9H2,(H2,19,26,27). The van der Waals surface area contributed by atoms with E-state index in [-0.39, 0.29) is 35.2 Å². The molecule has 1 aliphatic heterocycles. The molecule has 16 heteroatoms. The molecular weight excluding hydrogens is 502 g/mol. The monoisotopic (exact) mass is 519 g/mol. The van der Waals surface area contributed by atoms with E-state index in [1.165, 1.54) is 6.07 Å². The average Bonchev–Trinajstić information content (AvgIpc) is 2.73. The van der Waals surface area contributed by atoms with Crippen LogP contribution in [0.3, 0.4) is 0 Å². The Morgan fingerprint density at radius 2 is 1.58 bits per heavy atom. The van der Waals surface area contributed by atoms with Crippen molar-refractivity contribution in [1.82, 2.24) is 4.72 Å². The van der Waals surface area contributed by atoms with E-state index >= 15 is 0 Å². The number of hydrogen-bond donors (Lipinski definition) is 3. The van der Waals surface area contributed by atoms with Crippen LogP contribution in [0.15, 0.2) is 50.8 Å². The van der Waals surface area contributed by atoms with Crippen LogP contribution in [-0.2, 0) is 49.4 Å². The molecule has 0 radical (unpaired) electrons. The zero-order chi connectivity index (χ0) is 24.2. The summed E-state index contributed by atoms with van der Waals surface area (Å²) >= 11 is 5.98. The molecule has 1 unspecified atom stereocenters. The van der Waals surface area contributed by atoms with Crippen LogP contribution < -0.4 is 15.2 Å². The number of nitrogens with zero attached hydrogens (tertiary/aromatic N) is 2. The molecule has 0 saturated carbocycles. The van der Waals surface area contributed by atoms with Gasteiger partial charge in [0.05, 0.1) is 16.9 Å². The molecule has 178 valence electrons. The van der Waals surface area contributed by atoms with Crippen LogP contribution in [0.25, 0.3) is 0 Å². The van der Waals surface area contributed by atoms with Crippen molar-refractivity contribution in [2.45, 2.75) is 42.0 Å². The minimum Gasteiger partial charge on any atom is -0.368 e. The summed E-state index contributed by atoms with van der Waals surface area (Å²) in [5.41, 5.74) is 2.03. The van der Waals surface area contributed by atoms with Gasteiger partial charge in [-0.2, -0.15) is 4.72 Å². The van der Waals surface area contributed by atoms with E-state index in [9.17, 15) is 26.6 Å². The number of halogens is 1. The molecule has 13 nitrogen and oxygen atoms in total. The molecule has 1 aliphatic rings. The molecule has 0 fully saturated rings. The summed E-state index contributed by atoms with van der Waals surface area (Å²) in [6.07, 6.45) is -0.107. The highest BCUT2D eigenvalue weighted by Gasteiger charge is 2.31. The third-order valence-electron chi connectivity index (χ3n) is 4.66. The highest BCUT2D eigenvalue weighted by Crippen LogP contribution is 2.34. The summed E-state index contributed by atoms with van der Waals surface area (Å²) in [5.74, 6) is 0. The van der Waals surface area contributed by atoms with Gasteiger partial charge < -0.3 is 15.0 Å². The van der Waals surface area contributed by atoms with E-state index < -0.39 is 31.1 Å². The maximum Gasteiger partial charge on any atom is 0.244 e. The van der Waals surface area contributed by atoms with E-state index in [2.05, 4.69) is 30.4 Å². The molecule has 1 atom stereocenters. The van der Waals surface area contributed by atoms with Crippen LogP contribution in [0.2, 0.25) is 5.02 Å². The van der Waals surface area contributed by atoms with Crippen LogP contribution >= 0.6 is 11.6 Å². The second-order valence-electron chi connectivity index (χ2n) is 7.03. The highest BCUT2D eigenvalue weighted by molar-refractivity contribution is 7.90. The number of primary sulfonamides is 1. The van der Waals surface area contributed by atoms with Crippen molar-refractivity contribution in [1.29, 1.82) is 0 Å². The van der Waals surface area contributed by atoms with E-state index in [0.717, 1.165) is 11.6 Å². The van der Waals surface area contributed by atoms with E-state index in [1.807, 2.05) is 0 Å². The number of aryl methyl sites for hydroxylation is 1. The summed E-state index contributed by atoms with van der Waals surface area (Å²) in [5, 5.41) is 12.5. The van der Waals surface area contributed by atoms with Gasteiger partial charge in [-0.1, -0.05) is 23.7 Å². The van der Waals surface area contributed by atoms with E-state index in [0.29, 0.717) is 17.5 Å². The molecule has 1 heterocycles. The van der Waals surface area contributed by atoms with Crippen molar-refractivity contribution < 1.29 is 26.5 Å². The third kappa shape index (κ3) is 6.14. The van der Waals surface area contributed by atoms with Crippen LogP contribution in [0.4, 0.5) is 5.69 Å². The summed E-state index contributed by atoms with van der Waals surface area (Å²) in [6.45, 7) is -0.211. The number of nitrogens with two attached hydrogens (primary N) is 1. The van der Waals surface area contributed by atoms with Crippen molar-refractivity contribution in [3.8, 4) is 0 Å². The number of anilines is 1. The molecular formula is C17H18ClN5O8S2. The molecule has 0 amide bonds. The molecule has 0 saturated heterocycles. The molecule has 3 rings (SSSR count). The van der Waals surface area contributed by atoms with Gasteiger partial charge in [0.25, 0.3) is 0 Å². The first-order chi connectivity index (χ1) is 15.5. The lowest BCUT2D eigenvalue weighted by Gasteiger charge is -2.28. The minimum atomic E-state index is -4.22. The molecule has 2 aromatic carbocycles. The number of nitrogens with one attached hydrogen (secondary N) is 2. The summed E-state index contributed by atoms with van der Waals surface area (Å²) in [7, 11) is -8.28. The number of sulfonamides is 2. The maximum atomic E-state index is 12.7. The predicted octanol–water partition coefficient (Wildman–Crippen LogP) is 2.05. The van der Waals surface area contributed by atoms with Gasteiger partial charge in [0.1, 0.15) is 23.0 Å². The molecule has 2 aromatic rings. The quantitative estimate of drug-likeness (QED) is 0.310. The molecule has 0 spiro atoms. The Balaban J connectivity index is 1.81. The van der Waals surface area contributed by atoms with Gasteiger partial charge in [-0.25, -0.2) is 22.0 Å². The van der Waals surface area contributed by atoms with Crippen molar-refractivity contribution in [2.24, 2.45) is 15.8 Å². The Labute approximate surface area is 193 Å². The highest BCUT2D eigenvalue weighted by atomic mass is 35.5. The van der Waals surface area contributed by atoms with Crippen LogP contribution in [0.5, 0.6) is 0 Å². The fourth-order valence-corrected chi connectivity index (χ4v) is 5.88. The Hall–Kier alpha value is -2.85. The average molecular weight is 520 g/mol. The molecule has 33 heavy (non-hydrogen) atoms. The first kappa shape index (κ1) is 24.8. The molecule has 0 aliphatic carbocycles. The van der Waals surface area contributed by atoms with Crippen molar-refractivity contribution in [2.75, 3.05) is 5.32 Å². The SMILES string of the molecule is NS(=O)(=O)c1cc2c(cc1Cl)NC(CCc1cc(CON=O)cc(CON=O)c1)NS2(=O)=O. The second kappa shape index (κ2) is 9.96. The lowest BCUT2D eigenvalue weighted by atomic mass is 10.0. The van der Waals surface area contributed by atoms with Crippen molar-refractivity contribution in [3.63, 3.8) is 0 Å². The molecule has 0 bridgehead atoms. The smallest absolute Gasteiger partial charge is 0.244 e. The lowest BCUT2D eigenvalue weighted by Crippen LogP contribution is -2.45. The Kier molecular flexibility index (Phi) is 7.48. The third-order valence-corrected chi connectivity index (χ3v) is 7.55. The lowest BCUT2D eigenvalue weighted by molar-refractivity contribution is 0.121. The summed E-state index contributed by atoms with van der Waals surface area (Å²) in [4.78, 5) is 28.7. The zero-order valence-corrected chi connectivity index (χ0v) is 19.1. The van der Waals surface area contributed by atoms with Gasteiger partial charge in [-0.3, -0.25) is 0 Å². The number of benzene rings is 2. The van der Waals surface area contributed by atoms with Crippen LogP contribution in [0.1, 0.15) is 23.1 Å². The Morgan fingerprint density at radius 3 is 2.12 bits per heavy atom. The largest absolute Gasteiger partial charge is 0.368 e. The van der Waals surface area contributed by atoms with Gasteiger partial charge in [-0.15, -0.1) is 9.81 Å². The number of rotatable bonds is 10. The van der Waals surface area contributed by atoms with Gasteiger partial charge >= 0.3 is 0 Å². The first-order valence-electron chi connectivity index (χ1n) is 9.19. The first-order valence-corrected chi connectivity index (χ1v) is 12.6. The fourth-order valence-electron chi connectivity index (χ4n) is 3.35. The molecule has 4 N–H and O–H groups in total. The number of fused-ring (bicyclic) bond motifs is 1. The zero-order valence-electron chi connectivity index (χ0n) is 16.7. The van der Waals surface area contributed by atoms with Crippen LogP contribution in [0, 0.1) is 9.81 Å². The maximum absolute atomic E-state index is 12.7. The predicted molar refractivity (Wildman–Crippen MR) is 116 cm³/mol. The topological polar surface area (TPSA) is 196 Å². The van der Waals surface area contributed by atoms with Crippen molar-refractivity contribution in [3.05, 3.63) is 61.9 Å². The normalized spacial score (nSPS) is 16.8. The number of hydrogen-bond acceptors (Lipinski definition) is 11. The summed E-state index contributed by atoms with van der Waals surface area (Å²) in [6, 6.07) is 7.18.